The molecule has 0 saturated heterocycles. The summed E-state index contributed by atoms with van der Waals surface area (Å²) in [4.78, 5) is 4.04. The molecule has 0 aliphatic carbocycles. The summed E-state index contributed by atoms with van der Waals surface area (Å²) in [5.41, 5.74) is 1.20. The minimum absolute atomic E-state index is 0.309. The van der Waals surface area contributed by atoms with Gasteiger partial charge in [0.05, 0.1) is 0 Å². The maximum absolute atomic E-state index is 4.47. The number of aromatic nitrogens is 1. The van der Waals surface area contributed by atoms with Crippen molar-refractivity contribution in [3.8, 4) is 0 Å². The summed E-state index contributed by atoms with van der Waals surface area (Å²) in [6, 6.07) is 4.01. The lowest BCUT2D eigenvalue weighted by atomic mass is 10.0. The number of thiol groups is 1. The Kier molecular flexibility index (Phi) is 2.94. The molecule has 1 unspecified atom stereocenters. The standard InChI is InChI=1S/C9H13NS/c1-7(2)9(11)8-4-3-5-10-6-8/h3-7,9,11H,1-2H3. The van der Waals surface area contributed by atoms with Crippen molar-refractivity contribution in [2.24, 2.45) is 5.92 Å². The summed E-state index contributed by atoms with van der Waals surface area (Å²) in [7, 11) is 0. The summed E-state index contributed by atoms with van der Waals surface area (Å²) >= 11 is 4.47. The van der Waals surface area contributed by atoms with E-state index in [1.807, 2.05) is 12.3 Å². The van der Waals surface area contributed by atoms with E-state index in [9.17, 15) is 0 Å². The summed E-state index contributed by atoms with van der Waals surface area (Å²) < 4.78 is 0. The minimum Gasteiger partial charge on any atom is -0.264 e. The number of hydrogen-bond acceptors (Lipinski definition) is 2. The van der Waals surface area contributed by atoms with Gasteiger partial charge in [0, 0.05) is 17.6 Å². The van der Waals surface area contributed by atoms with E-state index in [-0.39, 0.29) is 0 Å². The topological polar surface area (TPSA) is 12.9 Å². The molecule has 0 amide bonds. The molecule has 0 fully saturated rings. The first-order valence-electron chi connectivity index (χ1n) is 3.80. The van der Waals surface area contributed by atoms with Crippen molar-refractivity contribution in [3.05, 3.63) is 30.1 Å². The second kappa shape index (κ2) is 3.77. The van der Waals surface area contributed by atoms with E-state index < -0.39 is 0 Å². The smallest absolute Gasteiger partial charge is 0.0311 e. The van der Waals surface area contributed by atoms with E-state index in [2.05, 4.69) is 37.5 Å². The predicted molar refractivity (Wildman–Crippen MR) is 50.8 cm³/mol. The van der Waals surface area contributed by atoms with Crippen molar-refractivity contribution >= 4 is 12.6 Å². The van der Waals surface area contributed by atoms with Gasteiger partial charge in [-0.1, -0.05) is 19.9 Å². The van der Waals surface area contributed by atoms with Gasteiger partial charge < -0.3 is 0 Å². The SMILES string of the molecule is CC(C)C(S)c1cccnc1. The van der Waals surface area contributed by atoms with E-state index >= 15 is 0 Å². The van der Waals surface area contributed by atoms with Crippen LogP contribution in [0.25, 0.3) is 0 Å². The highest BCUT2D eigenvalue weighted by Crippen LogP contribution is 2.26. The number of rotatable bonds is 2. The second-order valence-electron chi connectivity index (χ2n) is 2.98. The van der Waals surface area contributed by atoms with Gasteiger partial charge in [-0.05, 0) is 17.5 Å². The lowest BCUT2D eigenvalue weighted by molar-refractivity contribution is 0.634. The summed E-state index contributed by atoms with van der Waals surface area (Å²) in [5.74, 6) is 0.558. The zero-order valence-electron chi connectivity index (χ0n) is 6.86. The monoisotopic (exact) mass is 167 g/mol. The van der Waals surface area contributed by atoms with E-state index in [1.165, 1.54) is 5.56 Å². The van der Waals surface area contributed by atoms with Crippen LogP contribution in [-0.4, -0.2) is 4.98 Å². The second-order valence-corrected chi connectivity index (χ2v) is 3.53. The van der Waals surface area contributed by atoms with E-state index in [0.29, 0.717) is 11.2 Å². The van der Waals surface area contributed by atoms with Gasteiger partial charge in [-0.25, -0.2) is 0 Å². The molecule has 1 rings (SSSR count). The Hall–Kier alpha value is -0.500. The molecule has 0 radical (unpaired) electrons. The molecule has 1 heterocycles. The van der Waals surface area contributed by atoms with Crippen LogP contribution in [0.4, 0.5) is 0 Å². The Labute approximate surface area is 73.3 Å². The van der Waals surface area contributed by atoms with E-state index in [1.54, 1.807) is 6.20 Å². The van der Waals surface area contributed by atoms with Crippen LogP contribution in [0.1, 0.15) is 24.7 Å². The average molecular weight is 167 g/mol. The van der Waals surface area contributed by atoms with Gasteiger partial charge in [0.25, 0.3) is 0 Å². The molecular weight excluding hydrogens is 154 g/mol. The summed E-state index contributed by atoms with van der Waals surface area (Å²) in [5, 5.41) is 0.309. The Morgan fingerprint density at radius 1 is 1.45 bits per heavy atom. The first-order chi connectivity index (χ1) is 5.22. The van der Waals surface area contributed by atoms with Crippen molar-refractivity contribution in [2.45, 2.75) is 19.1 Å². The van der Waals surface area contributed by atoms with Crippen molar-refractivity contribution < 1.29 is 0 Å². The molecule has 1 aromatic rings. The summed E-state index contributed by atoms with van der Waals surface area (Å²) in [6.07, 6.45) is 3.65. The highest BCUT2D eigenvalue weighted by atomic mass is 32.1. The highest BCUT2D eigenvalue weighted by Gasteiger charge is 2.09. The molecule has 2 heteroatoms. The van der Waals surface area contributed by atoms with Crippen LogP contribution in [0.5, 0.6) is 0 Å². The maximum Gasteiger partial charge on any atom is 0.0311 e. The zero-order chi connectivity index (χ0) is 8.27. The van der Waals surface area contributed by atoms with Gasteiger partial charge in [0.15, 0.2) is 0 Å². The fourth-order valence-corrected chi connectivity index (χ4v) is 1.09. The quantitative estimate of drug-likeness (QED) is 0.668. The highest BCUT2D eigenvalue weighted by molar-refractivity contribution is 7.80. The van der Waals surface area contributed by atoms with Gasteiger partial charge in [0.2, 0.25) is 0 Å². The first-order valence-corrected chi connectivity index (χ1v) is 4.31. The van der Waals surface area contributed by atoms with Crippen LogP contribution in [0.2, 0.25) is 0 Å². The molecule has 11 heavy (non-hydrogen) atoms. The molecule has 0 aliphatic rings. The molecular formula is C9H13NS. The molecule has 0 bridgehead atoms. The average Bonchev–Trinajstić information content (AvgIpc) is 2.05. The van der Waals surface area contributed by atoms with Gasteiger partial charge >= 0.3 is 0 Å². The Morgan fingerprint density at radius 3 is 2.64 bits per heavy atom. The van der Waals surface area contributed by atoms with Crippen molar-refractivity contribution in [1.29, 1.82) is 0 Å². The Bertz CT molecular complexity index is 208. The molecule has 0 aromatic carbocycles. The van der Waals surface area contributed by atoms with Crippen molar-refractivity contribution in [3.63, 3.8) is 0 Å². The van der Waals surface area contributed by atoms with Crippen molar-refractivity contribution in [1.82, 2.24) is 4.98 Å². The van der Waals surface area contributed by atoms with Gasteiger partial charge in [-0.3, -0.25) is 4.98 Å². The molecule has 0 aliphatic heterocycles. The van der Waals surface area contributed by atoms with Gasteiger partial charge in [0.1, 0.15) is 0 Å². The minimum atomic E-state index is 0.309. The largest absolute Gasteiger partial charge is 0.264 e. The van der Waals surface area contributed by atoms with Crippen LogP contribution < -0.4 is 0 Å². The third-order valence-electron chi connectivity index (χ3n) is 1.66. The van der Waals surface area contributed by atoms with Gasteiger partial charge in [-0.15, -0.1) is 0 Å². The predicted octanol–water partition coefficient (Wildman–Crippen LogP) is 2.71. The Morgan fingerprint density at radius 2 is 2.18 bits per heavy atom. The summed E-state index contributed by atoms with van der Waals surface area (Å²) in [6.45, 7) is 4.31. The molecule has 0 saturated carbocycles. The van der Waals surface area contributed by atoms with Crippen LogP contribution in [0, 0.1) is 5.92 Å². The van der Waals surface area contributed by atoms with Crippen LogP contribution in [0.3, 0.4) is 0 Å². The van der Waals surface area contributed by atoms with Crippen LogP contribution in [0.15, 0.2) is 24.5 Å². The molecule has 0 spiro atoms. The fraction of sp³-hybridized carbons (Fsp3) is 0.444. The molecule has 0 N–H and O–H groups in total. The van der Waals surface area contributed by atoms with E-state index in [0.717, 1.165) is 0 Å². The number of nitrogens with zero attached hydrogens (tertiary/aromatic N) is 1. The van der Waals surface area contributed by atoms with Crippen LogP contribution in [-0.2, 0) is 0 Å². The zero-order valence-corrected chi connectivity index (χ0v) is 7.75. The fourth-order valence-electron chi connectivity index (χ4n) is 0.936. The van der Waals surface area contributed by atoms with E-state index in [4.69, 9.17) is 0 Å². The lowest BCUT2D eigenvalue weighted by Gasteiger charge is -2.13. The van der Waals surface area contributed by atoms with Gasteiger partial charge in [-0.2, -0.15) is 12.6 Å². The molecule has 1 aromatic heterocycles. The number of hydrogen-bond donors (Lipinski definition) is 1. The number of pyridine rings is 1. The Balaban J connectivity index is 2.77. The third kappa shape index (κ3) is 2.22. The lowest BCUT2D eigenvalue weighted by Crippen LogP contribution is -1.99. The normalized spacial score (nSPS) is 13.5. The molecule has 1 nitrogen and oxygen atoms in total. The first kappa shape index (κ1) is 8.60. The molecule has 1 atom stereocenters. The van der Waals surface area contributed by atoms with Crippen LogP contribution >= 0.6 is 12.6 Å². The third-order valence-corrected chi connectivity index (χ3v) is 2.55. The molecule has 60 valence electrons. The maximum atomic E-state index is 4.47. The van der Waals surface area contributed by atoms with Crippen molar-refractivity contribution in [2.75, 3.05) is 0 Å².